The van der Waals surface area contributed by atoms with E-state index in [1.165, 1.54) is 0 Å². The molecule has 0 aromatic heterocycles. The maximum atomic E-state index is 7.43. The fourth-order valence-electron chi connectivity index (χ4n) is 1.02. The molecule has 0 spiro atoms. The van der Waals surface area contributed by atoms with Gasteiger partial charge in [0.1, 0.15) is 0 Å². The van der Waals surface area contributed by atoms with E-state index in [0.29, 0.717) is 11.1 Å². The lowest BCUT2D eigenvalue weighted by atomic mass is 10.1. The minimum absolute atomic E-state index is 0.0546. The van der Waals surface area contributed by atoms with Crippen LogP contribution < -0.4 is 11.7 Å². The van der Waals surface area contributed by atoms with Gasteiger partial charge in [0.2, 0.25) is 0 Å². The summed E-state index contributed by atoms with van der Waals surface area (Å²) in [7, 11) is 0. The largest absolute Gasteiger partial charge is 0.305 e. The molecule has 0 saturated carbocycles. The van der Waals surface area contributed by atoms with Gasteiger partial charge < -0.3 is 11.7 Å². The van der Waals surface area contributed by atoms with Gasteiger partial charge >= 0.3 is 0 Å². The molecule has 6 N–H and O–H groups in total. The quantitative estimate of drug-likeness (QED) is 0.192. The molecule has 0 fully saturated rings. The first-order chi connectivity index (χ1) is 7.69. The molecular formula is C8H10N8. The van der Waals surface area contributed by atoms with Crippen molar-refractivity contribution in [3.63, 3.8) is 0 Å². The molecule has 0 amide bonds. The zero-order valence-corrected chi connectivity index (χ0v) is 8.25. The third-order valence-corrected chi connectivity index (χ3v) is 1.75. The van der Waals surface area contributed by atoms with E-state index in [0.717, 1.165) is 0 Å². The van der Waals surface area contributed by atoms with E-state index in [1.54, 1.807) is 24.3 Å². The SMILES string of the molecule is N=C(N=NN)c1ccc(C(=N)N=NN)cc1. The van der Waals surface area contributed by atoms with Gasteiger partial charge in [-0.2, -0.15) is 0 Å². The van der Waals surface area contributed by atoms with E-state index in [-0.39, 0.29) is 11.7 Å². The molecule has 16 heavy (non-hydrogen) atoms. The first-order valence-corrected chi connectivity index (χ1v) is 4.18. The zero-order valence-electron chi connectivity index (χ0n) is 8.25. The van der Waals surface area contributed by atoms with Gasteiger partial charge in [0, 0.05) is 11.1 Å². The zero-order chi connectivity index (χ0) is 12.0. The highest BCUT2D eigenvalue weighted by Gasteiger charge is 2.03. The number of benzene rings is 1. The fraction of sp³-hybridized carbons (Fsp3) is 0. The van der Waals surface area contributed by atoms with E-state index in [4.69, 9.17) is 22.5 Å². The predicted octanol–water partition coefficient (Wildman–Crippen LogP) is 0.989. The molecule has 0 bridgehead atoms. The lowest BCUT2D eigenvalue weighted by molar-refractivity contribution is 1.07. The average molecular weight is 218 g/mol. The summed E-state index contributed by atoms with van der Waals surface area (Å²) >= 11 is 0. The molecule has 0 radical (unpaired) electrons. The Labute approximate surface area is 91.0 Å². The molecule has 82 valence electrons. The van der Waals surface area contributed by atoms with Crippen LogP contribution in [0.2, 0.25) is 0 Å². The van der Waals surface area contributed by atoms with Gasteiger partial charge in [-0.1, -0.05) is 34.7 Å². The fourth-order valence-corrected chi connectivity index (χ4v) is 1.02. The van der Waals surface area contributed by atoms with Crippen LogP contribution in [-0.2, 0) is 0 Å². The second kappa shape index (κ2) is 5.29. The van der Waals surface area contributed by atoms with E-state index in [9.17, 15) is 0 Å². The molecule has 8 heteroatoms. The molecule has 0 heterocycles. The van der Waals surface area contributed by atoms with Crippen LogP contribution in [0.4, 0.5) is 0 Å². The monoisotopic (exact) mass is 218 g/mol. The summed E-state index contributed by atoms with van der Waals surface area (Å²) in [6.45, 7) is 0. The van der Waals surface area contributed by atoms with Crippen molar-refractivity contribution in [2.24, 2.45) is 32.4 Å². The van der Waals surface area contributed by atoms with E-state index in [2.05, 4.69) is 20.7 Å². The molecule has 0 aliphatic rings. The topological polar surface area (TPSA) is 149 Å². The van der Waals surface area contributed by atoms with Crippen molar-refractivity contribution in [1.82, 2.24) is 0 Å². The minimum Gasteiger partial charge on any atom is -0.305 e. The Morgan fingerprint density at radius 3 is 1.38 bits per heavy atom. The third kappa shape index (κ3) is 2.67. The molecule has 1 rings (SSSR count). The normalized spacial score (nSPS) is 11.0. The highest BCUT2D eigenvalue weighted by atomic mass is 15.3. The molecule has 8 nitrogen and oxygen atoms in total. The number of hydrogen-bond acceptors (Lipinski definition) is 4. The molecule has 0 aliphatic heterocycles. The summed E-state index contributed by atoms with van der Waals surface area (Å²) in [6, 6.07) is 6.42. The van der Waals surface area contributed by atoms with E-state index < -0.39 is 0 Å². The van der Waals surface area contributed by atoms with Crippen LogP contribution in [0.5, 0.6) is 0 Å². The van der Waals surface area contributed by atoms with Crippen LogP contribution in [0.3, 0.4) is 0 Å². The van der Waals surface area contributed by atoms with Gasteiger partial charge in [0.15, 0.2) is 11.7 Å². The van der Waals surface area contributed by atoms with Gasteiger partial charge in [0.05, 0.1) is 0 Å². The summed E-state index contributed by atoms with van der Waals surface area (Å²) in [5, 5.41) is 27.6. The van der Waals surface area contributed by atoms with Gasteiger partial charge in [0.25, 0.3) is 0 Å². The van der Waals surface area contributed by atoms with Gasteiger partial charge in [-0.3, -0.25) is 10.8 Å². The van der Waals surface area contributed by atoms with Crippen molar-refractivity contribution in [3.05, 3.63) is 35.4 Å². The van der Waals surface area contributed by atoms with Crippen molar-refractivity contribution < 1.29 is 0 Å². The highest BCUT2D eigenvalue weighted by molar-refractivity contribution is 6.00. The van der Waals surface area contributed by atoms with Crippen molar-refractivity contribution in [3.8, 4) is 0 Å². The molecular weight excluding hydrogens is 208 g/mol. The number of amidine groups is 2. The number of rotatable bonds is 2. The van der Waals surface area contributed by atoms with Crippen LogP contribution in [0.15, 0.2) is 44.9 Å². The Hall–Kier alpha value is -2.64. The van der Waals surface area contributed by atoms with Crippen molar-refractivity contribution in [2.45, 2.75) is 0 Å². The second-order valence-electron chi connectivity index (χ2n) is 2.71. The van der Waals surface area contributed by atoms with Crippen LogP contribution >= 0.6 is 0 Å². The minimum atomic E-state index is -0.0546. The molecule has 0 atom stereocenters. The van der Waals surface area contributed by atoms with E-state index in [1.807, 2.05) is 0 Å². The van der Waals surface area contributed by atoms with Crippen LogP contribution in [0, 0.1) is 10.8 Å². The van der Waals surface area contributed by atoms with Crippen molar-refractivity contribution >= 4 is 11.7 Å². The molecule has 0 saturated heterocycles. The lowest BCUT2D eigenvalue weighted by Gasteiger charge is -1.99. The number of nitrogens with zero attached hydrogens (tertiary/aromatic N) is 4. The summed E-state index contributed by atoms with van der Waals surface area (Å²) in [5.41, 5.74) is 1.07. The first kappa shape index (κ1) is 11.4. The average Bonchev–Trinajstić information content (AvgIpc) is 2.30. The number of nitrogens with one attached hydrogen (secondary N) is 2. The summed E-state index contributed by atoms with van der Waals surface area (Å²) in [5.74, 6) is 9.54. The van der Waals surface area contributed by atoms with Crippen molar-refractivity contribution in [2.75, 3.05) is 0 Å². The lowest BCUT2D eigenvalue weighted by Crippen LogP contribution is -1.99. The summed E-state index contributed by atoms with van der Waals surface area (Å²) in [6.07, 6.45) is 0. The third-order valence-electron chi connectivity index (χ3n) is 1.75. The Kier molecular flexibility index (Phi) is 3.78. The van der Waals surface area contributed by atoms with Crippen LogP contribution in [0.1, 0.15) is 11.1 Å². The Balaban J connectivity index is 2.91. The molecule has 1 aromatic rings. The Morgan fingerprint density at radius 1 is 0.812 bits per heavy atom. The van der Waals surface area contributed by atoms with E-state index >= 15 is 0 Å². The smallest absolute Gasteiger partial charge is 0.176 e. The second-order valence-corrected chi connectivity index (χ2v) is 2.71. The molecule has 0 aliphatic carbocycles. The van der Waals surface area contributed by atoms with Crippen LogP contribution in [-0.4, -0.2) is 11.7 Å². The van der Waals surface area contributed by atoms with Crippen LogP contribution in [0.25, 0.3) is 0 Å². The number of hydrogen-bond donors (Lipinski definition) is 4. The standard InChI is InChI=1S/C8H10N8/c9-7(13-15-11)5-1-2-6(4-3-5)8(10)14-16-12/h1-4H,(H3,9,11,13)(H3,10,12,14). The Morgan fingerprint density at radius 2 is 1.12 bits per heavy atom. The van der Waals surface area contributed by atoms with Gasteiger partial charge in [-0.25, -0.2) is 0 Å². The van der Waals surface area contributed by atoms with Gasteiger partial charge in [-0.05, 0) is 0 Å². The first-order valence-electron chi connectivity index (χ1n) is 4.18. The summed E-state index contributed by atoms with van der Waals surface area (Å²) in [4.78, 5) is 0. The maximum absolute atomic E-state index is 7.43. The predicted molar refractivity (Wildman–Crippen MR) is 58.2 cm³/mol. The highest BCUT2D eigenvalue weighted by Crippen LogP contribution is 2.07. The molecule has 1 aromatic carbocycles. The molecule has 0 unspecified atom stereocenters. The Bertz CT molecular complexity index is 401. The number of nitrogens with two attached hydrogens (primary N) is 2. The van der Waals surface area contributed by atoms with Gasteiger partial charge in [-0.15, -0.1) is 10.2 Å². The summed E-state index contributed by atoms with van der Waals surface area (Å²) < 4.78 is 0. The van der Waals surface area contributed by atoms with Crippen molar-refractivity contribution in [1.29, 1.82) is 10.8 Å². The maximum Gasteiger partial charge on any atom is 0.176 e.